The summed E-state index contributed by atoms with van der Waals surface area (Å²) < 4.78 is 23.2. The first-order chi connectivity index (χ1) is 7.91. The van der Waals surface area contributed by atoms with E-state index in [1.165, 1.54) is 6.26 Å². The molecule has 1 aliphatic heterocycles. The molecule has 1 aliphatic rings. The van der Waals surface area contributed by atoms with Crippen LogP contribution < -0.4 is 4.90 Å². The van der Waals surface area contributed by atoms with E-state index in [4.69, 9.17) is 0 Å². The highest BCUT2D eigenvalue weighted by molar-refractivity contribution is 7.90. The predicted molar refractivity (Wildman–Crippen MR) is 65.9 cm³/mol. The van der Waals surface area contributed by atoms with Crippen LogP contribution in [-0.2, 0) is 14.6 Å². The van der Waals surface area contributed by atoms with Crippen molar-refractivity contribution in [2.24, 2.45) is 0 Å². The normalized spacial score (nSPS) is 16.6. The van der Waals surface area contributed by atoms with Crippen molar-refractivity contribution in [2.45, 2.75) is 24.7 Å². The number of rotatable bonds is 2. The SMILES string of the molecule is Cc1c(N2CCCC2=O)cccc1S(C)(=O)=O. The van der Waals surface area contributed by atoms with Crippen LogP contribution in [0.25, 0.3) is 0 Å². The minimum Gasteiger partial charge on any atom is -0.312 e. The lowest BCUT2D eigenvalue weighted by Gasteiger charge is -2.19. The largest absolute Gasteiger partial charge is 0.312 e. The molecule has 1 saturated heterocycles. The Bertz CT molecular complexity index is 563. The molecule has 0 bridgehead atoms. The molecule has 2 rings (SSSR count). The first-order valence-electron chi connectivity index (χ1n) is 5.51. The van der Waals surface area contributed by atoms with Gasteiger partial charge < -0.3 is 4.90 Å². The van der Waals surface area contributed by atoms with Gasteiger partial charge in [-0.25, -0.2) is 8.42 Å². The standard InChI is InChI=1S/C12H15NO3S/c1-9-10(13-8-4-7-12(13)14)5-3-6-11(9)17(2,15)16/h3,5-6H,4,7-8H2,1-2H3. The van der Waals surface area contributed by atoms with Crippen molar-refractivity contribution in [1.82, 2.24) is 0 Å². The maximum absolute atomic E-state index is 11.7. The highest BCUT2D eigenvalue weighted by Crippen LogP contribution is 2.29. The van der Waals surface area contributed by atoms with Crippen molar-refractivity contribution in [3.63, 3.8) is 0 Å². The Morgan fingerprint density at radius 3 is 2.53 bits per heavy atom. The summed E-state index contributed by atoms with van der Waals surface area (Å²) in [6, 6.07) is 5.06. The Kier molecular flexibility index (Phi) is 2.95. The van der Waals surface area contributed by atoms with E-state index in [-0.39, 0.29) is 5.91 Å². The lowest BCUT2D eigenvalue weighted by molar-refractivity contribution is -0.117. The second-order valence-corrected chi connectivity index (χ2v) is 6.31. The molecule has 5 heteroatoms. The molecule has 0 saturated carbocycles. The minimum atomic E-state index is -3.24. The van der Waals surface area contributed by atoms with E-state index in [1.807, 2.05) is 0 Å². The van der Waals surface area contributed by atoms with Gasteiger partial charge in [0.25, 0.3) is 0 Å². The van der Waals surface area contributed by atoms with E-state index in [0.29, 0.717) is 23.4 Å². The molecule has 1 aromatic carbocycles. The second-order valence-electron chi connectivity index (χ2n) is 4.32. The molecular weight excluding hydrogens is 238 g/mol. The van der Waals surface area contributed by atoms with Crippen LogP contribution in [-0.4, -0.2) is 27.1 Å². The lowest BCUT2D eigenvalue weighted by atomic mass is 10.2. The Morgan fingerprint density at radius 2 is 2.00 bits per heavy atom. The summed E-state index contributed by atoms with van der Waals surface area (Å²) in [6.07, 6.45) is 2.56. The van der Waals surface area contributed by atoms with Crippen molar-refractivity contribution in [1.29, 1.82) is 0 Å². The maximum atomic E-state index is 11.7. The van der Waals surface area contributed by atoms with E-state index >= 15 is 0 Å². The monoisotopic (exact) mass is 253 g/mol. The van der Waals surface area contributed by atoms with Crippen LogP contribution in [0.1, 0.15) is 18.4 Å². The maximum Gasteiger partial charge on any atom is 0.227 e. The van der Waals surface area contributed by atoms with E-state index in [0.717, 1.165) is 12.1 Å². The molecule has 0 N–H and O–H groups in total. The van der Waals surface area contributed by atoms with Gasteiger partial charge in [-0.1, -0.05) is 6.07 Å². The van der Waals surface area contributed by atoms with Crippen LogP contribution >= 0.6 is 0 Å². The smallest absolute Gasteiger partial charge is 0.227 e. The first kappa shape index (κ1) is 12.1. The molecule has 1 heterocycles. The van der Waals surface area contributed by atoms with Gasteiger partial charge in [-0.15, -0.1) is 0 Å². The van der Waals surface area contributed by atoms with Gasteiger partial charge in [0.05, 0.1) is 4.90 Å². The van der Waals surface area contributed by atoms with Crippen molar-refractivity contribution in [3.8, 4) is 0 Å². The molecule has 0 radical (unpaired) electrons. The van der Waals surface area contributed by atoms with Gasteiger partial charge in [-0.3, -0.25) is 4.79 Å². The molecule has 1 aromatic rings. The third kappa shape index (κ3) is 2.20. The molecule has 0 aliphatic carbocycles. The van der Waals surface area contributed by atoms with E-state index < -0.39 is 9.84 Å². The molecule has 0 spiro atoms. The lowest BCUT2D eigenvalue weighted by Crippen LogP contribution is -2.25. The third-order valence-electron chi connectivity index (χ3n) is 3.02. The Labute approximate surface area is 101 Å². The van der Waals surface area contributed by atoms with Crippen LogP contribution in [0.5, 0.6) is 0 Å². The van der Waals surface area contributed by atoms with Crippen molar-refractivity contribution in [2.75, 3.05) is 17.7 Å². The number of hydrogen-bond acceptors (Lipinski definition) is 3. The molecule has 0 unspecified atom stereocenters. The number of nitrogens with zero attached hydrogens (tertiary/aromatic N) is 1. The fourth-order valence-corrected chi connectivity index (χ4v) is 3.19. The van der Waals surface area contributed by atoms with Gasteiger partial charge >= 0.3 is 0 Å². The number of benzene rings is 1. The highest BCUT2D eigenvalue weighted by atomic mass is 32.2. The molecule has 0 aromatic heterocycles. The second kappa shape index (κ2) is 4.14. The molecule has 1 amide bonds. The van der Waals surface area contributed by atoms with Crippen molar-refractivity contribution < 1.29 is 13.2 Å². The molecule has 4 nitrogen and oxygen atoms in total. The number of sulfone groups is 1. The van der Waals surface area contributed by atoms with Gasteiger partial charge in [0, 0.05) is 24.9 Å². The van der Waals surface area contributed by atoms with E-state index in [1.54, 1.807) is 30.0 Å². The summed E-state index contributed by atoms with van der Waals surface area (Å²) in [7, 11) is -3.24. The predicted octanol–water partition coefficient (Wildman–Crippen LogP) is 1.53. The molecule has 1 fully saturated rings. The Balaban J connectivity index is 2.53. The Hall–Kier alpha value is -1.36. The van der Waals surface area contributed by atoms with Crippen LogP contribution in [0.15, 0.2) is 23.1 Å². The highest BCUT2D eigenvalue weighted by Gasteiger charge is 2.24. The summed E-state index contributed by atoms with van der Waals surface area (Å²) in [6.45, 7) is 2.42. The van der Waals surface area contributed by atoms with Gasteiger partial charge in [0.1, 0.15) is 0 Å². The van der Waals surface area contributed by atoms with E-state index in [2.05, 4.69) is 0 Å². The number of carbonyl (C=O) groups excluding carboxylic acids is 1. The summed E-state index contributed by atoms with van der Waals surface area (Å²) >= 11 is 0. The van der Waals surface area contributed by atoms with Crippen molar-refractivity contribution >= 4 is 21.4 Å². The van der Waals surface area contributed by atoms with Gasteiger partial charge in [0.15, 0.2) is 9.84 Å². The zero-order chi connectivity index (χ0) is 12.6. The summed E-state index contributed by atoms with van der Waals surface area (Å²) in [5.74, 6) is 0.0683. The van der Waals surface area contributed by atoms with Gasteiger partial charge in [-0.05, 0) is 31.0 Å². The topological polar surface area (TPSA) is 54.5 Å². The molecule has 92 valence electrons. The molecular formula is C12H15NO3S. The van der Waals surface area contributed by atoms with Crippen LogP contribution in [0.3, 0.4) is 0 Å². The third-order valence-corrected chi connectivity index (χ3v) is 4.26. The fourth-order valence-electron chi connectivity index (χ4n) is 2.20. The zero-order valence-corrected chi connectivity index (χ0v) is 10.8. The zero-order valence-electron chi connectivity index (χ0n) is 9.93. The van der Waals surface area contributed by atoms with Crippen LogP contribution in [0, 0.1) is 6.92 Å². The van der Waals surface area contributed by atoms with E-state index in [9.17, 15) is 13.2 Å². The summed E-state index contributed by atoms with van der Waals surface area (Å²) in [5, 5.41) is 0. The molecule has 17 heavy (non-hydrogen) atoms. The van der Waals surface area contributed by atoms with Gasteiger partial charge in [0.2, 0.25) is 5.91 Å². The number of hydrogen-bond donors (Lipinski definition) is 0. The number of carbonyl (C=O) groups is 1. The fraction of sp³-hybridized carbons (Fsp3) is 0.417. The first-order valence-corrected chi connectivity index (χ1v) is 7.40. The number of amides is 1. The Morgan fingerprint density at radius 1 is 1.29 bits per heavy atom. The van der Waals surface area contributed by atoms with Gasteiger partial charge in [-0.2, -0.15) is 0 Å². The van der Waals surface area contributed by atoms with Crippen LogP contribution in [0.4, 0.5) is 5.69 Å². The number of anilines is 1. The quantitative estimate of drug-likeness (QED) is 0.803. The van der Waals surface area contributed by atoms with Crippen LogP contribution in [0.2, 0.25) is 0 Å². The minimum absolute atomic E-state index is 0.0683. The summed E-state index contributed by atoms with van der Waals surface area (Å²) in [4.78, 5) is 13.6. The molecule has 0 atom stereocenters. The summed E-state index contributed by atoms with van der Waals surface area (Å²) in [5.41, 5.74) is 1.38. The average Bonchev–Trinajstić information content (AvgIpc) is 2.63. The average molecular weight is 253 g/mol. The van der Waals surface area contributed by atoms with Crippen molar-refractivity contribution in [3.05, 3.63) is 23.8 Å².